The van der Waals surface area contributed by atoms with E-state index in [0.29, 0.717) is 11.6 Å². The number of benzene rings is 2. The van der Waals surface area contributed by atoms with E-state index in [4.69, 9.17) is 0 Å². The fourth-order valence-corrected chi connectivity index (χ4v) is 3.34. The summed E-state index contributed by atoms with van der Waals surface area (Å²) < 4.78 is 15.5. The van der Waals surface area contributed by atoms with Gasteiger partial charge in [-0.25, -0.2) is 9.07 Å². The normalized spacial score (nSPS) is 14.5. The van der Waals surface area contributed by atoms with Crippen LogP contribution in [0.3, 0.4) is 0 Å². The van der Waals surface area contributed by atoms with E-state index >= 15 is 0 Å². The van der Waals surface area contributed by atoms with Gasteiger partial charge in [0.15, 0.2) is 5.69 Å². The standard InChI is InChI=1S/C22H20FN3O2/c1-14-13-19(27)21(25-26(14)18-10-6-5-9-17(18)23)22(28)24-20(16-11-12-16)15-7-3-2-4-8-15/h2-10,13,16,20H,11-12H2,1H3,(H,24,28). The largest absolute Gasteiger partial charge is 0.343 e. The van der Waals surface area contributed by atoms with E-state index in [2.05, 4.69) is 10.4 Å². The summed E-state index contributed by atoms with van der Waals surface area (Å²) in [4.78, 5) is 25.3. The molecule has 6 heteroatoms. The van der Waals surface area contributed by atoms with Crippen LogP contribution in [0.5, 0.6) is 0 Å². The second-order valence-corrected chi connectivity index (χ2v) is 7.06. The molecule has 1 atom stereocenters. The number of nitrogens with zero attached hydrogens (tertiary/aromatic N) is 2. The minimum Gasteiger partial charge on any atom is -0.343 e. The van der Waals surface area contributed by atoms with Gasteiger partial charge in [0.2, 0.25) is 5.43 Å². The number of halogens is 1. The Morgan fingerprint density at radius 3 is 2.50 bits per heavy atom. The Balaban J connectivity index is 1.69. The summed E-state index contributed by atoms with van der Waals surface area (Å²) in [6.07, 6.45) is 2.06. The van der Waals surface area contributed by atoms with Crippen molar-refractivity contribution in [2.45, 2.75) is 25.8 Å². The first-order valence-electron chi connectivity index (χ1n) is 9.26. The Kier molecular flexibility index (Phi) is 4.77. The van der Waals surface area contributed by atoms with E-state index in [1.165, 1.54) is 16.8 Å². The summed E-state index contributed by atoms with van der Waals surface area (Å²) in [5, 5.41) is 7.14. The third kappa shape index (κ3) is 3.58. The maximum absolute atomic E-state index is 14.2. The summed E-state index contributed by atoms with van der Waals surface area (Å²) >= 11 is 0. The van der Waals surface area contributed by atoms with Gasteiger partial charge >= 0.3 is 0 Å². The lowest BCUT2D eigenvalue weighted by molar-refractivity contribution is 0.0923. The maximum Gasteiger partial charge on any atom is 0.276 e. The van der Waals surface area contributed by atoms with Crippen LogP contribution in [0.1, 0.15) is 40.6 Å². The molecule has 1 aliphatic carbocycles. The summed E-state index contributed by atoms with van der Waals surface area (Å²) in [5.41, 5.74) is 0.921. The van der Waals surface area contributed by atoms with Crippen LogP contribution in [0.2, 0.25) is 0 Å². The molecule has 1 aliphatic rings. The first-order valence-corrected chi connectivity index (χ1v) is 9.26. The Morgan fingerprint density at radius 1 is 1.14 bits per heavy atom. The van der Waals surface area contributed by atoms with Crippen molar-refractivity contribution < 1.29 is 9.18 Å². The smallest absolute Gasteiger partial charge is 0.276 e. The minimum absolute atomic E-state index is 0.168. The van der Waals surface area contributed by atoms with Gasteiger partial charge < -0.3 is 5.32 Å². The maximum atomic E-state index is 14.2. The number of hydrogen-bond donors (Lipinski definition) is 1. The monoisotopic (exact) mass is 377 g/mol. The van der Waals surface area contributed by atoms with Crippen molar-refractivity contribution in [2.24, 2.45) is 5.92 Å². The highest BCUT2D eigenvalue weighted by molar-refractivity contribution is 5.92. The topological polar surface area (TPSA) is 64.0 Å². The second kappa shape index (κ2) is 7.38. The fourth-order valence-electron chi connectivity index (χ4n) is 3.34. The van der Waals surface area contributed by atoms with Gasteiger partial charge in [0.05, 0.1) is 6.04 Å². The van der Waals surface area contributed by atoms with E-state index in [1.54, 1.807) is 25.1 Å². The third-order valence-electron chi connectivity index (χ3n) is 4.94. The lowest BCUT2D eigenvalue weighted by Gasteiger charge is -2.19. The van der Waals surface area contributed by atoms with Crippen molar-refractivity contribution in [3.8, 4) is 5.69 Å². The van der Waals surface area contributed by atoms with Crippen LogP contribution in [-0.4, -0.2) is 15.7 Å². The van der Waals surface area contributed by atoms with Crippen molar-refractivity contribution in [3.05, 3.63) is 93.7 Å². The summed E-state index contributed by atoms with van der Waals surface area (Å²) in [6, 6.07) is 16.9. The molecule has 142 valence electrons. The molecule has 28 heavy (non-hydrogen) atoms. The lowest BCUT2D eigenvalue weighted by Crippen LogP contribution is -2.35. The second-order valence-electron chi connectivity index (χ2n) is 7.06. The average molecular weight is 377 g/mol. The molecular formula is C22H20FN3O2. The number of para-hydroxylation sites is 1. The Labute approximate surface area is 161 Å². The van der Waals surface area contributed by atoms with E-state index in [1.807, 2.05) is 30.3 Å². The zero-order valence-corrected chi connectivity index (χ0v) is 15.4. The van der Waals surface area contributed by atoms with Crippen LogP contribution < -0.4 is 10.7 Å². The molecule has 1 aromatic heterocycles. The minimum atomic E-state index is -0.546. The molecule has 3 aromatic rings. The van der Waals surface area contributed by atoms with Crippen molar-refractivity contribution in [3.63, 3.8) is 0 Å². The summed E-state index contributed by atoms with van der Waals surface area (Å²) in [6.45, 7) is 1.65. The molecule has 2 aromatic carbocycles. The van der Waals surface area contributed by atoms with E-state index < -0.39 is 17.2 Å². The highest BCUT2D eigenvalue weighted by Gasteiger charge is 2.34. The van der Waals surface area contributed by atoms with E-state index in [0.717, 1.165) is 18.4 Å². The first kappa shape index (κ1) is 18.1. The average Bonchev–Trinajstić information content (AvgIpc) is 3.53. The molecule has 1 N–H and O–H groups in total. The number of aryl methyl sites for hydroxylation is 1. The zero-order valence-electron chi connectivity index (χ0n) is 15.4. The number of hydrogen-bond acceptors (Lipinski definition) is 3. The predicted molar refractivity (Wildman–Crippen MR) is 104 cm³/mol. The molecule has 0 radical (unpaired) electrons. The number of aromatic nitrogens is 2. The number of carbonyl (C=O) groups is 1. The number of amides is 1. The Hall–Kier alpha value is -3.28. The van der Waals surface area contributed by atoms with Gasteiger partial charge in [-0.2, -0.15) is 5.10 Å². The highest BCUT2D eigenvalue weighted by Crippen LogP contribution is 2.41. The Bertz CT molecular complexity index is 1070. The summed E-state index contributed by atoms with van der Waals surface area (Å²) in [5.74, 6) is -0.672. The van der Waals surface area contributed by atoms with Crippen LogP contribution in [0.15, 0.2) is 65.5 Å². The van der Waals surface area contributed by atoms with Gasteiger partial charge in [-0.05, 0) is 43.4 Å². The SMILES string of the molecule is Cc1cc(=O)c(C(=O)NC(c2ccccc2)C2CC2)nn1-c1ccccc1F. The molecule has 4 rings (SSSR count). The van der Waals surface area contributed by atoms with E-state index in [9.17, 15) is 14.0 Å². The van der Waals surface area contributed by atoms with Crippen molar-refractivity contribution >= 4 is 5.91 Å². The van der Waals surface area contributed by atoms with Crippen LogP contribution in [0, 0.1) is 18.7 Å². The van der Waals surface area contributed by atoms with Gasteiger partial charge in [0.1, 0.15) is 11.5 Å². The van der Waals surface area contributed by atoms with Crippen molar-refractivity contribution in [1.29, 1.82) is 0 Å². The summed E-state index contributed by atoms with van der Waals surface area (Å²) in [7, 11) is 0. The molecular weight excluding hydrogens is 357 g/mol. The van der Waals surface area contributed by atoms with Crippen LogP contribution in [-0.2, 0) is 0 Å². The van der Waals surface area contributed by atoms with Crippen LogP contribution >= 0.6 is 0 Å². The van der Waals surface area contributed by atoms with Gasteiger partial charge in [0, 0.05) is 11.8 Å². The molecule has 0 bridgehead atoms. The van der Waals surface area contributed by atoms with Gasteiger partial charge in [0.25, 0.3) is 5.91 Å². The predicted octanol–water partition coefficient (Wildman–Crippen LogP) is 3.56. The van der Waals surface area contributed by atoms with Crippen LogP contribution in [0.25, 0.3) is 5.69 Å². The van der Waals surface area contributed by atoms with Gasteiger partial charge in [-0.15, -0.1) is 0 Å². The van der Waals surface area contributed by atoms with E-state index in [-0.39, 0.29) is 17.4 Å². The molecule has 0 spiro atoms. The third-order valence-corrected chi connectivity index (χ3v) is 4.94. The van der Waals surface area contributed by atoms with Crippen molar-refractivity contribution in [2.75, 3.05) is 0 Å². The lowest BCUT2D eigenvalue weighted by atomic mass is 10.0. The number of carbonyl (C=O) groups excluding carboxylic acids is 1. The molecule has 0 saturated heterocycles. The molecule has 1 unspecified atom stereocenters. The van der Waals surface area contributed by atoms with Crippen LogP contribution in [0.4, 0.5) is 4.39 Å². The first-order chi connectivity index (χ1) is 13.5. The number of rotatable bonds is 5. The highest BCUT2D eigenvalue weighted by atomic mass is 19.1. The fraction of sp³-hybridized carbons (Fsp3) is 0.227. The van der Waals surface area contributed by atoms with Gasteiger partial charge in [-0.3, -0.25) is 9.59 Å². The molecule has 1 fully saturated rings. The molecule has 1 heterocycles. The molecule has 0 aliphatic heterocycles. The zero-order chi connectivity index (χ0) is 19.7. The van der Waals surface area contributed by atoms with Crippen molar-refractivity contribution in [1.82, 2.24) is 15.1 Å². The van der Waals surface area contributed by atoms with Gasteiger partial charge in [-0.1, -0.05) is 42.5 Å². The molecule has 1 saturated carbocycles. The quantitative estimate of drug-likeness (QED) is 0.739. The molecule has 1 amide bonds. The number of nitrogens with one attached hydrogen (secondary N) is 1. The Morgan fingerprint density at radius 2 is 1.82 bits per heavy atom. The molecule has 5 nitrogen and oxygen atoms in total.